The summed E-state index contributed by atoms with van der Waals surface area (Å²) in [6.07, 6.45) is 1.68. The maximum absolute atomic E-state index is 12.8. The number of hydrogen-bond acceptors (Lipinski definition) is 4. The molecule has 1 heterocycles. The normalized spacial score (nSPS) is 10.4. The van der Waals surface area contributed by atoms with Gasteiger partial charge in [-0.1, -0.05) is 0 Å². The van der Waals surface area contributed by atoms with Crippen molar-refractivity contribution in [1.82, 2.24) is 9.78 Å². The third-order valence-corrected chi connectivity index (χ3v) is 3.27. The Morgan fingerprint density at radius 3 is 2.67 bits per heavy atom. The molecular formula is C15H19FN4O. The molecule has 5 nitrogen and oxygen atoms in total. The van der Waals surface area contributed by atoms with E-state index < -0.39 is 0 Å². The van der Waals surface area contributed by atoms with Crippen molar-refractivity contribution in [2.75, 3.05) is 30.4 Å². The quantitative estimate of drug-likeness (QED) is 0.883. The average Bonchev–Trinajstić information content (AvgIpc) is 2.50. The van der Waals surface area contributed by atoms with Crippen LogP contribution >= 0.6 is 0 Å². The van der Waals surface area contributed by atoms with E-state index in [1.807, 2.05) is 18.9 Å². The summed E-state index contributed by atoms with van der Waals surface area (Å²) < 4.78 is 14.2. The molecule has 0 amide bonds. The van der Waals surface area contributed by atoms with Gasteiger partial charge in [-0.15, -0.1) is 0 Å². The Bertz CT molecular complexity index is 639. The van der Waals surface area contributed by atoms with Gasteiger partial charge in [0.25, 0.3) is 5.56 Å². The van der Waals surface area contributed by atoms with E-state index in [1.165, 1.54) is 16.8 Å². The largest absolute Gasteiger partial charge is 0.383 e. The van der Waals surface area contributed by atoms with Gasteiger partial charge in [-0.3, -0.25) is 4.79 Å². The molecule has 0 bridgehead atoms. The number of benzene rings is 1. The van der Waals surface area contributed by atoms with Crippen molar-refractivity contribution in [2.24, 2.45) is 0 Å². The van der Waals surface area contributed by atoms with Gasteiger partial charge in [0.05, 0.1) is 18.4 Å². The highest BCUT2D eigenvalue weighted by atomic mass is 19.1. The number of nitrogens with one attached hydrogen (secondary N) is 1. The minimum Gasteiger partial charge on any atom is -0.383 e. The first-order valence-electron chi connectivity index (χ1n) is 6.88. The number of anilines is 2. The van der Waals surface area contributed by atoms with Crippen molar-refractivity contribution in [3.05, 3.63) is 52.7 Å². The van der Waals surface area contributed by atoms with Crippen LogP contribution in [-0.4, -0.2) is 29.9 Å². The molecular weight excluding hydrogens is 271 g/mol. The number of halogens is 1. The van der Waals surface area contributed by atoms with Crippen molar-refractivity contribution >= 4 is 11.4 Å². The topological polar surface area (TPSA) is 50.2 Å². The number of rotatable bonds is 6. The second kappa shape index (κ2) is 6.88. The summed E-state index contributed by atoms with van der Waals surface area (Å²) in [6, 6.07) is 7.67. The highest BCUT2D eigenvalue weighted by Crippen LogP contribution is 2.08. The lowest BCUT2D eigenvalue weighted by molar-refractivity contribution is 0.596. The fraction of sp³-hybridized carbons (Fsp3) is 0.333. The van der Waals surface area contributed by atoms with E-state index in [2.05, 4.69) is 10.4 Å². The molecule has 0 aliphatic carbocycles. The van der Waals surface area contributed by atoms with E-state index in [-0.39, 0.29) is 11.4 Å². The van der Waals surface area contributed by atoms with Gasteiger partial charge in [0, 0.05) is 31.9 Å². The Hall–Kier alpha value is -2.37. The van der Waals surface area contributed by atoms with E-state index >= 15 is 0 Å². The van der Waals surface area contributed by atoms with E-state index in [4.69, 9.17) is 0 Å². The summed E-state index contributed by atoms with van der Waals surface area (Å²) in [5, 5.41) is 7.27. The molecule has 0 aliphatic rings. The van der Waals surface area contributed by atoms with Crippen LogP contribution < -0.4 is 15.8 Å². The zero-order valence-electron chi connectivity index (χ0n) is 12.2. The molecule has 0 fully saturated rings. The van der Waals surface area contributed by atoms with Crippen LogP contribution in [0.25, 0.3) is 0 Å². The Balaban J connectivity index is 1.94. The van der Waals surface area contributed by atoms with Gasteiger partial charge in [-0.25, -0.2) is 9.07 Å². The Morgan fingerprint density at radius 1 is 1.33 bits per heavy atom. The van der Waals surface area contributed by atoms with Gasteiger partial charge in [-0.2, -0.15) is 5.10 Å². The molecule has 21 heavy (non-hydrogen) atoms. The Kier molecular flexibility index (Phi) is 4.92. The molecule has 112 valence electrons. The van der Waals surface area contributed by atoms with Crippen LogP contribution in [0, 0.1) is 5.82 Å². The fourth-order valence-electron chi connectivity index (χ4n) is 1.86. The molecule has 0 saturated heterocycles. The van der Waals surface area contributed by atoms with E-state index in [1.54, 1.807) is 24.4 Å². The van der Waals surface area contributed by atoms with E-state index in [0.29, 0.717) is 13.1 Å². The van der Waals surface area contributed by atoms with Crippen LogP contribution in [0.15, 0.2) is 41.3 Å². The molecule has 0 unspecified atom stereocenters. The fourth-order valence-corrected chi connectivity index (χ4v) is 1.86. The minimum atomic E-state index is -0.269. The molecule has 2 aromatic rings. The van der Waals surface area contributed by atoms with Crippen molar-refractivity contribution in [2.45, 2.75) is 13.5 Å². The Labute approximate surface area is 123 Å². The highest BCUT2D eigenvalue weighted by molar-refractivity contribution is 5.43. The standard InChI is InChI=1S/C15H19FN4O/c1-3-19(2)14-10-15(21)20(18-11-14)9-8-17-13-6-4-12(16)5-7-13/h4-7,10-11,17H,3,8-9H2,1-2H3. The third-order valence-electron chi connectivity index (χ3n) is 3.27. The van der Waals surface area contributed by atoms with Crippen LogP contribution in [0.4, 0.5) is 15.8 Å². The lowest BCUT2D eigenvalue weighted by Crippen LogP contribution is -2.27. The van der Waals surface area contributed by atoms with Gasteiger partial charge >= 0.3 is 0 Å². The smallest absolute Gasteiger partial charge is 0.268 e. The van der Waals surface area contributed by atoms with Crippen LogP contribution in [0.1, 0.15) is 6.92 Å². The zero-order chi connectivity index (χ0) is 15.2. The van der Waals surface area contributed by atoms with Crippen molar-refractivity contribution in [3.8, 4) is 0 Å². The average molecular weight is 290 g/mol. The first kappa shape index (κ1) is 15.0. The van der Waals surface area contributed by atoms with Crippen LogP contribution in [-0.2, 0) is 6.54 Å². The number of aromatic nitrogens is 2. The van der Waals surface area contributed by atoms with Gasteiger partial charge in [0.2, 0.25) is 0 Å². The van der Waals surface area contributed by atoms with E-state index in [0.717, 1.165) is 17.9 Å². The zero-order valence-corrected chi connectivity index (χ0v) is 12.2. The molecule has 1 N–H and O–H groups in total. The highest BCUT2D eigenvalue weighted by Gasteiger charge is 2.03. The van der Waals surface area contributed by atoms with Gasteiger partial charge in [-0.05, 0) is 31.2 Å². The molecule has 0 aliphatic heterocycles. The predicted molar refractivity (Wildman–Crippen MR) is 82.3 cm³/mol. The van der Waals surface area contributed by atoms with Crippen molar-refractivity contribution in [3.63, 3.8) is 0 Å². The molecule has 2 rings (SSSR count). The Morgan fingerprint density at radius 2 is 2.05 bits per heavy atom. The van der Waals surface area contributed by atoms with Gasteiger partial charge in [0.1, 0.15) is 5.82 Å². The second-order valence-corrected chi connectivity index (χ2v) is 4.72. The molecule has 1 aromatic carbocycles. The second-order valence-electron chi connectivity index (χ2n) is 4.72. The summed E-state index contributed by atoms with van der Waals surface area (Å²) in [7, 11) is 1.91. The lowest BCUT2D eigenvalue weighted by atomic mass is 10.3. The summed E-state index contributed by atoms with van der Waals surface area (Å²) in [4.78, 5) is 13.9. The maximum atomic E-state index is 12.8. The molecule has 1 aromatic heterocycles. The van der Waals surface area contributed by atoms with Crippen LogP contribution in [0.3, 0.4) is 0 Å². The molecule has 0 spiro atoms. The SMILES string of the molecule is CCN(C)c1cnn(CCNc2ccc(F)cc2)c(=O)c1. The minimum absolute atomic E-state index is 0.131. The first-order valence-corrected chi connectivity index (χ1v) is 6.88. The number of hydrogen-bond donors (Lipinski definition) is 1. The summed E-state index contributed by atoms with van der Waals surface area (Å²) in [5.74, 6) is -0.269. The van der Waals surface area contributed by atoms with Crippen molar-refractivity contribution < 1.29 is 4.39 Å². The summed E-state index contributed by atoms with van der Waals surface area (Å²) in [5.41, 5.74) is 1.49. The molecule has 6 heteroatoms. The van der Waals surface area contributed by atoms with Gasteiger partial charge < -0.3 is 10.2 Å². The van der Waals surface area contributed by atoms with Gasteiger partial charge in [0.15, 0.2) is 0 Å². The van der Waals surface area contributed by atoms with Crippen LogP contribution in [0.5, 0.6) is 0 Å². The third kappa shape index (κ3) is 4.05. The lowest BCUT2D eigenvalue weighted by Gasteiger charge is -2.16. The molecule has 0 atom stereocenters. The predicted octanol–water partition coefficient (Wildman–Crippen LogP) is 1.95. The first-order chi connectivity index (χ1) is 10.1. The number of nitrogens with zero attached hydrogens (tertiary/aromatic N) is 3. The summed E-state index contributed by atoms with van der Waals surface area (Å²) >= 11 is 0. The van der Waals surface area contributed by atoms with Crippen LogP contribution in [0.2, 0.25) is 0 Å². The molecule has 0 radical (unpaired) electrons. The van der Waals surface area contributed by atoms with Crippen molar-refractivity contribution in [1.29, 1.82) is 0 Å². The van der Waals surface area contributed by atoms with E-state index in [9.17, 15) is 9.18 Å². The molecule has 0 saturated carbocycles. The summed E-state index contributed by atoms with van der Waals surface area (Å²) in [6.45, 7) is 3.82. The maximum Gasteiger partial charge on any atom is 0.268 e. The monoisotopic (exact) mass is 290 g/mol.